The smallest absolute Gasteiger partial charge is 0.123 e. The number of rotatable bonds is 2. The minimum Gasteiger partial charge on any atom is -0.507 e. The molecule has 1 N–H and O–H groups in total. The first-order valence-electron chi connectivity index (χ1n) is 6.39. The maximum atomic E-state index is 10.1. The van der Waals surface area contributed by atoms with Gasteiger partial charge in [0.1, 0.15) is 5.75 Å². The molecular formula is C18H13BrO. The first kappa shape index (κ1) is 12.9. The van der Waals surface area contributed by atoms with Crippen LogP contribution >= 0.6 is 15.9 Å². The lowest BCUT2D eigenvalue weighted by Crippen LogP contribution is -1.86. The molecule has 0 radical (unpaired) electrons. The van der Waals surface area contributed by atoms with Crippen molar-refractivity contribution in [2.75, 3.05) is 0 Å². The first-order valence-corrected chi connectivity index (χ1v) is 7.19. The predicted octanol–water partition coefficient (Wildman–Crippen LogP) is 5.49. The third-order valence-corrected chi connectivity index (χ3v) is 3.98. The van der Waals surface area contributed by atoms with Gasteiger partial charge in [0.05, 0.1) is 0 Å². The molecule has 98 valence electrons. The van der Waals surface area contributed by atoms with Crippen LogP contribution < -0.4 is 0 Å². The van der Waals surface area contributed by atoms with E-state index in [4.69, 9.17) is 0 Å². The van der Waals surface area contributed by atoms with Crippen LogP contribution in [0.15, 0.2) is 77.3 Å². The molecule has 3 aromatic rings. The lowest BCUT2D eigenvalue weighted by atomic mass is 9.94. The molecule has 3 aromatic carbocycles. The SMILES string of the molecule is Oc1ccccc1-c1ccccc1-c1ccccc1Br. The Labute approximate surface area is 126 Å². The Kier molecular flexibility index (Phi) is 3.57. The van der Waals surface area contributed by atoms with E-state index in [1.54, 1.807) is 6.07 Å². The second kappa shape index (κ2) is 5.51. The monoisotopic (exact) mass is 324 g/mol. The Hall–Kier alpha value is -2.06. The van der Waals surface area contributed by atoms with Crippen molar-refractivity contribution < 1.29 is 5.11 Å². The summed E-state index contributed by atoms with van der Waals surface area (Å²) in [5.41, 5.74) is 4.09. The second-order valence-corrected chi connectivity index (χ2v) is 5.40. The second-order valence-electron chi connectivity index (χ2n) is 4.54. The Morgan fingerprint density at radius 3 is 1.60 bits per heavy atom. The van der Waals surface area contributed by atoms with Gasteiger partial charge < -0.3 is 5.11 Å². The van der Waals surface area contributed by atoms with E-state index in [1.807, 2.05) is 54.6 Å². The predicted molar refractivity (Wildman–Crippen MR) is 86.7 cm³/mol. The molecule has 0 bridgehead atoms. The number of phenols is 1. The van der Waals surface area contributed by atoms with Crippen molar-refractivity contribution in [2.45, 2.75) is 0 Å². The summed E-state index contributed by atoms with van der Waals surface area (Å²) in [7, 11) is 0. The molecule has 0 aliphatic carbocycles. The fraction of sp³-hybridized carbons (Fsp3) is 0. The van der Waals surface area contributed by atoms with Gasteiger partial charge in [0, 0.05) is 10.0 Å². The van der Waals surface area contributed by atoms with Gasteiger partial charge in [-0.1, -0.05) is 76.6 Å². The van der Waals surface area contributed by atoms with Gasteiger partial charge in [0.2, 0.25) is 0 Å². The van der Waals surface area contributed by atoms with E-state index in [0.29, 0.717) is 5.75 Å². The van der Waals surface area contributed by atoms with E-state index in [1.165, 1.54) is 0 Å². The fourth-order valence-corrected chi connectivity index (χ4v) is 2.83. The van der Waals surface area contributed by atoms with Crippen molar-refractivity contribution in [3.05, 3.63) is 77.3 Å². The largest absolute Gasteiger partial charge is 0.507 e. The Morgan fingerprint density at radius 2 is 1.00 bits per heavy atom. The molecule has 3 rings (SSSR count). The number of halogens is 1. The van der Waals surface area contributed by atoms with E-state index < -0.39 is 0 Å². The van der Waals surface area contributed by atoms with Crippen LogP contribution in [-0.4, -0.2) is 5.11 Å². The Morgan fingerprint density at radius 1 is 0.550 bits per heavy atom. The van der Waals surface area contributed by atoms with Crippen LogP contribution in [0, 0.1) is 0 Å². The number of benzene rings is 3. The normalized spacial score (nSPS) is 10.4. The van der Waals surface area contributed by atoms with Crippen molar-refractivity contribution in [1.82, 2.24) is 0 Å². The summed E-state index contributed by atoms with van der Waals surface area (Å²) in [6, 6.07) is 23.6. The topological polar surface area (TPSA) is 20.2 Å². The van der Waals surface area contributed by atoms with Crippen molar-refractivity contribution in [1.29, 1.82) is 0 Å². The zero-order valence-electron chi connectivity index (χ0n) is 10.8. The minimum atomic E-state index is 0.298. The van der Waals surface area contributed by atoms with Crippen molar-refractivity contribution in [3.63, 3.8) is 0 Å². The van der Waals surface area contributed by atoms with Gasteiger partial charge in [0.15, 0.2) is 0 Å². The molecule has 0 saturated carbocycles. The van der Waals surface area contributed by atoms with Gasteiger partial charge in [-0.3, -0.25) is 0 Å². The minimum absolute atomic E-state index is 0.298. The Bertz CT molecular complexity index is 685. The maximum absolute atomic E-state index is 10.1. The highest BCUT2D eigenvalue weighted by molar-refractivity contribution is 9.10. The van der Waals surface area contributed by atoms with Gasteiger partial charge >= 0.3 is 0 Å². The molecule has 0 spiro atoms. The molecule has 0 atom stereocenters. The van der Waals surface area contributed by atoms with E-state index in [2.05, 4.69) is 28.1 Å². The molecule has 20 heavy (non-hydrogen) atoms. The quantitative estimate of drug-likeness (QED) is 0.661. The molecular weight excluding hydrogens is 312 g/mol. The number of hydrogen-bond donors (Lipinski definition) is 1. The number of para-hydroxylation sites is 1. The summed E-state index contributed by atoms with van der Waals surface area (Å²) in [4.78, 5) is 0. The Balaban J connectivity index is 2.25. The molecule has 0 fully saturated rings. The third-order valence-electron chi connectivity index (χ3n) is 3.29. The van der Waals surface area contributed by atoms with Gasteiger partial charge in [-0.15, -0.1) is 0 Å². The molecule has 1 nitrogen and oxygen atoms in total. The van der Waals surface area contributed by atoms with E-state index in [-0.39, 0.29) is 0 Å². The summed E-state index contributed by atoms with van der Waals surface area (Å²) in [6.45, 7) is 0. The van der Waals surface area contributed by atoms with Crippen LogP contribution in [0.2, 0.25) is 0 Å². The standard InChI is InChI=1S/C18H13BrO/c19-17-11-5-3-9-15(17)13-7-1-2-8-14(13)16-10-4-6-12-18(16)20/h1-12,20H. The first-order chi connectivity index (χ1) is 9.77. The molecule has 0 heterocycles. The van der Waals surface area contributed by atoms with Gasteiger partial charge in [-0.05, 0) is 28.8 Å². The molecule has 0 unspecified atom stereocenters. The fourth-order valence-electron chi connectivity index (χ4n) is 2.33. The van der Waals surface area contributed by atoms with E-state index >= 15 is 0 Å². The highest BCUT2D eigenvalue weighted by Crippen LogP contribution is 2.38. The highest BCUT2D eigenvalue weighted by atomic mass is 79.9. The summed E-state index contributed by atoms with van der Waals surface area (Å²) < 4.78 is 1.04. The van der Waals surface area contributed by atoms with Crippen molar-refractivity contribution in [3.8, 4) is 28.0 Å². The molecule has 0 saturated heterocycles. The van der Waals surface area contributed by atoms with E-state index in [9.17, 15) is 5.11 Å². The zero-order chi connectivity index (χ0) is 13.9. The molecule has 0 amide bonds. The van der Waals surface area contributed by atoms with Gasteiger partial charge in [-0.25, -0.2) is 0 Å². The van der Waals surface area contributed by atoms with Crippen LogP contribution in [0.4, 0.5) is 0 Å². The average molecular weight is 325 g/mol. The zero-order valence-corrected chi connectivity index (χ0v) is 12.3. The van der Waals surface area contributed by atoms with Gasteiger partial charge in [-0.2, -0.15) is 0 Å². The van der Waals surface area contributed by atoms with Crippen LogP contribution in [0.25, 0.3) is 22.3 Å². The third kappa shape index (κ3) is 2.35. The molecule has 0 aliphatic rings. The summed E-state index contributed by atoms with van der Waals surface area (Å²) in [5.74, 6) is 0.298. The number of hydrogen-bond acceptors (Lipinski definition) is 1. The van der Waals surface area contributed by atoms with Crippen LogP contribution in [0.3, 0.4) is 0 Å². The summed E-state index contributed by atoms with van der Waals surface area (Å²) >= 11 is 3.60. The summed E-state index contributed by atoms with van der Waals surface area (Å²) in [5, 5.41) is 10.1. The average Bonchev–Trinajstić information content (AvgIpc) is 2.48. The molecule has 2 heteroatoms. The summed E-state index contributed by atoms with van der Waals surface area (Å²) in [6.07, 6.45) is 0. The van der Waals surface area contributed by atoms with Crippen molar-refractivity contribution >= 4 is 15.9 Å². The highest BCUT2D eigenvalue weighted by Gasteiger charge is 2.11. The van der Waals surface area contributed by atoms with Crippen LogP contribution in [0.5, 0.6) is 5.75 Å². The van der Waals surface area contributed by atoms with E-state index in [0.717, 1.165) is 26.7 Å². The van der Waals surface area contributed by atoms with Crippen LogP contribution in [-0.2, 0) is 0 Å². The lowest BCUT2D eigenvalue weighted by molar-refractivity contribution is 0.477. The lowest BCUT2D eigenvalue weighted by Gasteiger charge is -2.12. The number of phenolic OH excluding ortho intramolecular Hbond substituents is 1. The molecule has 0 aliphatic heterocycles. The van der Waals surface area contributed by atoms with Crippen LogP contribution in [0.1, 0.15) is 0 Å². The molecule has 0 aromatic heterocycles. The number of aromatic hydroxyl groups is 1. The maximum Gasteiger partial charge on any atom is 0.123 e. The van der Waals surface area contributed by atoms with Gasteiger partial charge in [0.25, 0.3) is 0 Å². The van der Waals surface area contributed by atoms with Crippen molar-refractivity contribution in [2.24, 2.45) is 0 Å².